The Hall–Kier alpha value is -0.780. The van der Waals surface area contributed by atoms with Crippen LogP contribution in [0.2, 0.25) is 5.02 Å². The molecule has 0 fully saturated rings. The van der Waals surface area contributed by atoms with Crippen molar-refractivity contribution in [2.24, 2.45) is 5.73 Å². The zero-order chi connectivity index (χ0) is 11.6. The molecule has 0 saturated carbocycles. The third-order valence-corrected chi connectivity index (χ3v) is 2.24. The first-order chi connectivity index (χ1) is 6.88. The summed E-state index contributed by atoms with van der Waals surface area (Å²) in [5.74, 6) is 0. The lowest BCUT2D eigenvalue weighted by atomic mass is 10.0. The minimum atomic E-state index is -4.57. The first kappa shape index (κ1) is 12.3. The Bertz CT molecular complexity index is 354. The molecule has 1 aromatic rings. The summed E-state index contributed by atoms with van der Waals surface area (Å²) in [5.41, 5.74) is 4.18. The summed E-state index contributed by atoms with van der Waals surface area (Å²) in [6.07, 6.45) is -4.57. The van der Waals surface area contributed by atoms with Crippen molar-refractivity contribution in [3.05, 3.63) is 34.3 Å². The van der Waals surface area contributed by atoms with Crippen LogP contribution in [0.3, 0.4) is 0 Å². The van der Waals surface area contributed by atoms with Gasteiger partial charge in [-0.25, -0.2) is 0 Å². The zero-order valence-corrected chi connectivity index (χ0v) is 8.31. The van der Waals surface area contributed by atoms with Crippen LogP contribution in [0, 0.1) is 0 Å². The molecule has 84 valence electrons. The van der Waals surface area contributed by atoms with Crippen molar-refractivity contribution < 1.29 is 18.3 Å². The Morgan fingerprint density at radius 2 is 2.00 bits per heavy atom. The molecule has 15 heavy (non-hydrogen) atoms. The fourth-order valence-corrected chi connectivity index (χ4v) is 1.54. The Kier molecular flexibility index (Phi) is 3.59. The number of benzene rings is 1. The number of halogens is 4. The molecule has 6 heteroatoms. The molecule has 0 aliphatic carbocycles. The van der Waals surface area contributed by atoms with Crippen molar-refractivity contribution in [3.8, 4) is 0 Å². The first-order valence-corrected chi connectivity index (χ1v) is 4.47. The van der Waals surface area contributed by atoms with Crippen molar-refractivity contribution >= 4 is 11.6 Å². The maximum atomic E-state index is 12.6. The maximum Gasteiger partial charge on any atom is 0.418 e. The molecule has 1 rings (SSSR count). The van der Waals surface area contributed by atoms with Gasteiger partial charge in [0.05, 0.1) is 23.2 Å². The number of alkyl halides is 3. The summed E-state index contributed by atoms with van der Waals surface area (Å²) in [5, 5.41) is 8.32. The molecule has 0 spiro atoms. The molecule has 1 atom stereocenters. The summed E-state index contributed by atoms with van der Waals surface area (Å²) in [6.45, 7) is -0.566. The average Bonchev–Trinajstić information content (AvgIpc) is 2.14. The summed E-state index contributed by atoms with van der Waals surface area (Å²) < 4.78 is 37.8. The van der Waals surface area contributed by atoms with Crippen molar-refractivity contribution in [2.45, 2.75) is 12.2 Å². The van der Waals surface area contributed by atoms with E-state index in [0.29, 0.717) is 0 Å². The Balaban J connectivity index is 3.33. The molecule has 0 saturated heterocycles. The number of nitrogens with two attached hydrogens (primary N) is 1. The Morgan fingerprint density at radius 3 is 2.47 bits per heavy atom. The van der Waals surface area contributed by atoms with Crippen molar-refractivity contribution in [2.75, 3.05) is 6.61 Å². The van der Waals surface area contributed by atoms with E-state index in [1.54, 1.807) is 0 Å². The predicted octanol–water partition coefficient (Wildman–Crippen LogP) is 2.35. The third-order valence-electron chi connectivity index (χ3n) is 1.93. The fourth-order valence-electron chi connectivity index (χ4n) is 1.25. The molecule has 0 aliphatic rings. The standard InChI is InChI=1S/C9H9ClF3NO/c10-6-3-1-2-5(7(14)4-15)8(6)9(11,12)13/h1-3,7,15H,4,14H2/t7-/m0/s1. The van der Waals surface area contributed by atoms with Gasteiger partial charge in [0.25, 0.3) is 0 Å². The number of rotatable bonds is 2. The highest BCUT2D eigenvalue weighted by atomic mass is 35.5. The van der Waals surface area contributed by atoms with Gasteiger partial charge in [-0.3, -0.25) is 0 Å². The van der Waals surface area contributed by atoms with Gasteiger partial charge in [-0.05, 0) is 11.6 Å². The molecule has 0 heterocycles. The molecular formula is C9H9ClF3NO. The van der Waals surface area contributed by atoms with Crippen LogP contribution in [0.25, 0.3) is 0 Å². The highest BCUT2D eigenvalue weighted by molar-refractivity contribution is 6.31. The van der Waals surface area contributed by atoms with E-state index in [1.165, 1.54) is 12.1 Å². The van der Waals surface area contributed by atoms with Gasteiger partial charge in [0.1, 0.15) is 0 Å². The van der Waals surface area contributed by atoms with E-state index in [4.69, 9.17) is 22.4 Å². The van der Waals surface area contributed by atoms with E-state index in [1.807, 2.05) is 0 Å². The minimum Gasteiger partial charge on any atom is -0.394 e. The van der Waals surface area contributed by atoms with Gasteiger partial charge in [-0.15, -0.1) is 0 Å². The van der Waals surface area contributed by atoms with E-state index in [-0.39, 0.29) is 5.56 Å². The average molecular weight is 240 g/mol. The fraction of sp³-hybridized carbons (Fsp3) is 0.333. The van der Waals surface area contributed by atoms with Crippen LogP contribution in [0.1, 0.15) is 17.2 Å². The number of hydrogen-bond acceptors (Lipinski definition) is 2. The topological polar surface area (TPSA) is 46.2 Å². The van der Waals surface area contributed by atoms with Gasteiger partial charge in [0, 0.05) is 0 Å². The zero-order valence-electron chi connectivity index (χ0n) is 7.55. The van der Waals surface area contributed by atoms with Crippen LogP contribution in [0.15, 0.2) is 18.2 Å². The quantitative estimate of drug-likeness (QED) is 0.832. The third kappa shape index (κ3) is 2.62. The number of aliphatic hydroxyl groups is 1. The van der Waals surface area contributed by atoms with E-state index in [2.05, 4.69) is 0 Å². The molecule has 0 bridgehead atoms. The molecular weight excluding hydrogens is 231 g/mol. The van der Waals surface area contributed by atoms with Gasteiger partial charge in [-0.2, -0.15) is 13.2 Å². The summed E-state index contributed by atoms with van der Waals surface area (Å²) >= 11 is 5.46. The Labute approximate surface area is 89.5 Å². The molecule has 0 aliphatic heterocycles. The molecule has 2 nitrogen and oxygen atoms in total. The van der Waals surface area contributed by atoms with Crippen LogP contribution >= 0.6 is 11.6 Å². The maximum absolute atomic E-state index is 12.6. The lowest BCUT2D eigenvalue weighted by molar-refractivity contribution is -0.138. The van der Waals surface area contributed by atoms with E-state index < -0.39 is 29.4 Å². The van der Waals surface area contributed by atoms with Gasteiger partial charge in [-0.1, -0.05) is 23.7 Å². The second-order valence-electron chi connectivity index (χ2n) is 2.99. The predicted molar refractivity (Wildman–Crippen MR) is 50.5 cm³/mol. The first-order valence-electron chi connectivity index (χ1n) is 4.10. The van der Waals surface area contributed by atoms with Gasteiger partial charge in [0.15, 0.2) is 0 Å². The Morgan fingerprint density at radius 1 is 1.40 bits per heavy atom. The molecule has 3 N–H and O–H groups in total. The SMILES string of the molecule is N[C@@H](CO)c1cccc(Cl)c1C(F)(F)F. The highest BCUT2D eigenvalue weighted by Gasteiger charge is 2.36. The summed E-state index contributed by atoms with van der Waals surface area (Å²) in [7, 11) is 0. The summed E-state index contributed by atoms with van der Waals surface area (Å²) in [4.78, 5) is 0. The number of aliphatic hydroxyl groups excluding tert-OH is 1. The van der Waals surface area contributed by atoms with Gasteiger partial charge in [0.2, 0.25) is 0 Å². The van der Waals surface area contributed by atoms with E-state index in [0.717, 1.165) is 6.07 Å². The van der Waals surface area contributed by atoms with Gasteiger partial charge < -0.3 is 10.8 Å². The second kappa shape index (κ2) is 4.38. The van der Waals surface area contributed by atoms with Crippen LogP contribution in [-0.2, 0) is 6.18 Å². The highest BCUT2D eigenvalue weighted by Crippen LogP contribution is 2.38. The lowest BCUT2D eigenvalue weighted by Crippen LogP contribution is -2.20. The molecule has 0 aromatic heterocycles. The van der Waals surface area contributed by atoms with Gasteiger partial charge >= 0.3 is 6.18 Å². The minimum absolute atomic E-state index is 0.197. The second-order valence-corrected chi connectivity index (χ2v) is 3.40. The number of hydrogen-bond donors (Lipinski definition) is 2. The van der Waals surface area contributed by atoms with E-state index >= 15 is 0 Å². The lowest BCUT2D eigenvalue weighted by Gasteiger charge is -2.17. The van der Waals surface area contributed by atoms with Crippen LogP contribution < -0.4 is 5.73 Å². The normalized spacial score (nSPS) is 14.0. The van der Waals surface area contributed by atoms with Crippen LogP contribution in [0.5, 0.6) is 0 Å². The van der Waals surface area contributed by atoms with Crippen LogP contribution in [-0.4, -0.2) is 11.7 Å². The molecule has 1 aromatic carbocycles. The summed E-state index contributed by atoms with van der Waals surface area (Å²) in [6, 6.07) is 2.62. The van der Waals surface area contributed by atoms with E-state index in [9.17, 15) is 13.2 Å². The van der Waals surface area contributed by atoms with Crippen molar-refractivity contribution in [3.63, 3.8) is 0 Å². The monoisotopic (exact) mass is 239 g/mol. The molecule has 0 radical (unpaired) electrons. The van der Waals surface area contributed by atoms with Crippen molar-refractivity contribution in [1.82, 2.24) is 0 Å². The molecule has 0 amide bonds. The van der Waals surface area contributed by atoms with Crippen molar-refractivity contribution in [1.29, 1.82) is 0 Å². The molecule has 0 unspecified atom stereocenters. The van der Waals surface area contributed by atoms with Crippen LogP contribution in [0.4, 0.5) is 13.2 Å². The smallest absolute Gasteiger partial charge is 0.394 e. The largest absolute Gasteiger partial charge is 0.418 e.